The van der Waals surface area contributed by atoms with Crippen LogP contribution in [0.25, 0.3) is 0 Å². The Kier molecular flexibility index (Phi) is 4.24. The van der Waals surface area contributed by atoms with Crippen LogP contribution in [0.4, 0.5) is 10.1 Å². The maximum absolute atomic E-state index is 13.4. The molecule has 1 N–H and O–H groups in total. The third kappa shape index (κ3) is 3.15. The van der Waals surface area contributed by atoms with Crippen molar-refractivity contribution in [3.05, 3.63) is 57.0 Å². The second-order valence-electron chi connectivity index (χ2n) is 3.55. The lowest BCUT2D eigenvalue weighted by atomic mass is 10.2. The first kappa shape index (κ1) is 14.1. The summed E-state index contributed by atoms with van der Waals surface area (Å²) in [4.78, 5) is 15.5. The van der Waals surface area contributed by atoms with Crippen molar-refractivity contribution in [1.82, 2.24) is 4.98 Å². The number of anilines is 1. The fourth-order valence-electron chi connectivity index (χ4n) is 1.40. The summed E-state index contributed by atoms with van der Waals surface area (Å²) in [5, 5.41) is 3.10. The number of hydrogen-bond acceptors (Lipinski definition) is 2. The Bertz CT molecular complexity index is 626. The molecule has 1 amide bonds. The molecule has 1 heterocycles. The number of carbonyl (C=O) groups excluding carboxylic acids is 1. The van der Waals surface area contributed by atoms with E-state index in [1.165, 1.54) is 24.4 Å². The highest BCUT2D eigenvalue weighted by Crippen LogP contribution is 2.33. The van der Waals surface area contributed by atoms with Gasteiger partial charge in [0.15, 0.2) is 5.82 Å². The maximum atomic E-state index is 13.4. The van der Waals surface area contributed by atoms with E-state index in [0.29, 0.717) is 5.02 Å². The molecule has 0 bridgehead atoms. The summed E-state index contributed by atoms with van der Waals surface area (Å²) in [5.41, 5.74) is 0.0195. The average Bonchev–Trinajstić information content (AvgIpc) is 2.34. The number of nitrogens with zero attached hydrogens (tertiary/aromatic N) is 1. The first-order valence-corrected chi connectivity index (χ1v) is 6.18. The van der Waals surface area contributed by atoms with Crippen molar-refractivity contribution >= 4 is 46.4 Å². The Morgan fingerprint density at radius 2 is 1.84 bits per heavy atom. The lowest BCUT2D eigenvalue weighted by Crippen LogP contribution is -2.14. The van der Waals surface area contributed by atoms with Gasteiger partial charge in [-0.3, -0.25) is 9.78 Å². The van der Waals surface area contributed by atoms with Gasteiger partial charge in [0.05, 0.1) is 27.5 Å². The lowest BCUT2D eigenvalue weighted by molar-refractivity contribution is 0.102. The van der Waals surface area contributed by atoms with Crippen LogP contribution < -0.4 is 5.32 Å². The molecule has 2 aromatic rings. The topological polar surface area (TPSA) is 42.0 Å². The van der Waals surface area contributed by atoms with Crippen molar-refractivity contribution in [3.8, 4) is 0 Å². The van der Waals surface area contributed by atoms with Gasteiger partial charge in [0.1, 0.15) is 0 Å². The lowest BCUT2D eigenvalue weighted by Gasteiger charge is -2.10. The van der Waals surface area contributed by atoms with E-state index in [1.807, 2.05) is 0 Å². The molecule has 0 saturated heterocycles. The molecule has 0 fully saturated rings. The predicted molar refractivity (Wildman–Crippen MR) is 73.6 cm³/mol. The number of rotatable bonds is 2. The minimum Gasteiger partial charge on any atom is -0.319 e. The van der Waals surface area contributed by atoms with E-state index >= 15 is 0 Å². The van der Waals surface area contributed by atoms with E-state index in [-0.39, 0.29) is 21.3 Å². The van der Waals surface area contributed by atoms with Crippen LogP contribution in [0, 0.1) is 5.82 Å². The molecule has 0 spiro atoms. The predicted octanol–water partition coefficient (Wildman–Crippen LogP) is 4.43. The van der Waals surface area contributed by atoms with Crippen molar-refractivity contribution in [2.45, 2.75) is 0 Å². The molecule has 3 nitrogen and oxygen atoms in total. The monoisotopic (exact) mass is 318 g/mol. The summed E-state index contributed by atoms with van der Waals surface area (Å²) >= 11 is 17.6. The smallest absolute Gasteiger partial charge is 0.258 e. The van der Waals surface area contributed by atoms with Crippen LogP contribution in [0.1, 0.15) is 10.4 Å². The van der Waals surface area contributed by atoms with Gasteiger partial charge in [0.25, 0.3) is 5.91 Å². The molecular formula is C12H6Cl3FN2O. The molecule has 2 rings (SSSR count). The number of benzene rings is 1. The zero-order valence-electron chi connectivity index (χ0n) is 9.25. The Labute approximate surface area is 123 Å². The number of halogens is 4. The van der Waals surface area contributed by atoms with E-state index in [2.05, 4.69) is 10.3 Å². The Hall–Kier alpha value is -1.36. The molecule has 19 heavy (non-hydrogen) atoms. The third-order valence-corrected chi connectivity index (χ3v) is 3.08. The van der Waals surface area contributed by atoms with Crippen LogP contribution >= 0.6 is 34.8 Å². The molecular weight excluding hydrogens is 314 g/mol. The van der Waals surface area contributed by atoms with Crippen LogP contribution in [0.5, 0.6) is 0 Å². The van der Waals surface area contributed by atoms with Crippen molar-refractivity contribution < 1.29 is 9.18 Å². The molecule has 0 radical (unpaired) electrons. The standard InChI is InChI=1S/C12H6Cl3FN2O/c13-6-3-8(14)11(9(15)4-6)18-12(19)7-1-2-17-5-10(7)16/h1-5H,(H,18,19). The number of aromatic nitrogens is 1. The SMILES string of the molecule is O=C(Nc1c(Cl)cc(Cl)cc1Cl)c1ccncc1F. The van der Waals surface area contributed by atoms with E-state index < -0.39 is 11.7 Å². The van der Waals surface area contributed by atoms with Gasteiger partial charge in [-0.25, -0.2) is 4.39 Å². The highest BCUT2D eigenvalue weighted by molar-refractivity contribution is 6.42. The van der Waals surface area contributed by atoms with Gasteiger partial charge in [-0.1, -0.05) is 34.8 Å². The van der Waals surface area contributed by atoms with Gasteiger partial charge in [0.2, 0.25) is 0 Å². The molecule has 0 atom stereocenters. The minimum atomic E-state index is -0.735. The second-order valence-corrected chi connectivity index (χ2v) is 4.80. The molecule has 98 valence electrons. The van der Waals surface area contributed by atoms with Gasteiger partial charge >= 0.3 is 0 Å². The Morgan fingerprint density at radius 3 is 2.42 bits per heavy atom. The van der Waals surface area contributed by atoms with Crippen molar-refractivity contribution in [1.29, 1.82) is 0 Å². The van der Waals surface area contributed by atoms with Crippen molar-refractivity contribution in [2.24, 2.45) is 0 Å². The zero-order chi connectivity index (χ0) is 14.0. The fourth-order valence-corrected chi connectivity index (χ4v) is 2.31. The molecule has 0 aliphatic heterocycles. The Morgan fingerprint density at radius 1 is 1.21 bits per heavy atom. The average molecular weight is 320 g/mol. The van der Waals surface area contributed by atoms with Crippen LogP contribution in [0.15, 0.2) is 30.6 Å². The largest absolute Gasteiger partial charge is 0.319 e. The van der Waals surface area contributed by atoms with Crippen molar-refractivity contribution in [2.75, 3.05) is 5.32 Å². The van der Waals surface area contributed by atoms with Gasteiger partial charge in [-0.05, 0) is 18.2 Å². The quantitative estimate of drug-likeness (QED) is 0.889. The van der Waals surface area contributed by atoms with E-state index in [4.69, 9.17) is 34.8 Å². The van der Waals surface area contributed by atoms with Crippen LogP contribution in [0.3, 0.4) is 0 Å². The zero-order valence-corrected chi connectivity index (χ0v) is 11.5. The molecule has 0 aliphatic rings. The molecule has 0 saturated carbocycles. The van der Waals surface area contributed by atoms with Crippen LogP contribution in [-0.2, 0) is 0 Å². The third-order valence-electron chi connectivity index (χ3n) is 2.26. The van der Waals surface area contributed by atoms with Gasteiger partial charge in [0, 0.05) is 11.2 Å². The van der Waals surface area contributed by atoms with Gasteiger partial charge in [-0.2, -0.15) is 0 Å². The summed E-state index contributed by atoms with van der Waals surface area (Å²) in [6.07, 6.45) is 2.25. The van der Waals surface area contributed by atoms with Crippen molar-refractivity contribution in [3.63, 3.8) is 0 Å². The highest BCUT2D eigenvalue weighted by atomic mass is 35.5. The second kappa shape index (κ2) is 5.74. The molecule has 1 aromatic carbocycles. The molecule has 1 aromatic heterocycles. The number of hydrogen-bond donors (Lipinski definition) is 1. The first-order valence-electron chi connectivity index (χ1n) is 5.04. The fraction of sp³-hybridized carbons (Fsp3) is 0. The summed E-state index contributed by atoms with van der Waals surface area (Å²) < 4.78 is 13.4. The van der Waals surface area contributed by atoms with Gasteiger partial charge in [-0.15, -0.1) is 0 Å². The molecule has 0 aliphatic carbocycles. The van der Waals surface area contributed by atoms with E-state index in [9.17, 15) is 9.18 Å². The number of nitrogens with one attached hydrogen (secondary N) is 1. The van der Waals surface area contributed by atoms with E-state index in [0.717, 1.165) is 6.20 Å². The highest BCUT2D eigenvalue weighted by Gasteiger charge is 2.15. The summed E-state index contributed by atoms with van der Waals surface area (Å²) in [6, 6.07) is 4.10. The summed E-state index contributed by atoms with van der Waals surface area (Å²) in [6.45, 7) is 0. The van der Waals surface area contributed by atoms with E-state index in [1.54, 1.807) is 0 Å². The number of amides is 1. The Balaban J connectivity index is 2.32. The first-order chi connectivity index (χ1) is 8.99. The normalized spacial score (nSPS) is 10.3. The minimum absolute atomic E-state index is 0.155. The van der Waals surface area contributed by atoms with Crippen LogP contribution in [-0.4, -0.2) is 10.9 Å². The number of pyridine rings is 1. The summed E-state index contributed by atoms with van der Waals surface area (Å²) in [5.74, 6) is -1.41. The van der Waals surface area contributed by atoms with Gasteiger partial charge < -0.3 is 5.32 Å². The summed E-state index contributed by atoms with van der Waals surface area (Å²) in [7, 11) is 0. The maximum Gasteiger partial charge on any atom is 0.258 e. The number of carbonyl (C=O) groups is 1. The molecule has 0 unspecified atom stereocenters. The van der Waals surface area contributed by atoms with Crippen LogP contribution in [0.2, 0.25) is 15.1 Å². The molecule has 7 heteroatoms.